The van der Waals surface area contributed by atoms with Crippen molar-refractivity contribution in [3.05, 3.63) is 69.8 Å². The highest BCUT2D eigenvalue weighted by Crippen LogP contribution is 2.22. The molecule has 0 aliphatic rings. The van der Waals surface area contributed by atoms with Crippen LogP contribution in [0.3, 0.4) is 0 Å². The number of halogens is 2. The maximum atomic E-state index is 12.0. The number of carbonyl (C=O) groups is 1. The first-order valence-corrected chi connectivity index (χ1v) is 8.14. The van der Waals surface area contributed by atoms with Crippen LogP contribution in [-0.2, 0) is 17.6 Å². The molecule has 1 heterocycles. The second-order valence-corrected chi connectivity index (χ2v) is 6.28. The summed E-state index contributed by atoms with van der Waals surface area (Å²) in [7, 11) is 0. The SMILES string of the molecule is O=C(Cc1ccc(Cl)cc1)NCCc1c[nH]c2ccc(Cl)cc12. The molecule has 2 aromatic carbocycles. The van der Waals surface area contributed by atoms with E-state index >= 15 is 0 Å². The van der Waals surface area contributed by atoms with E-state index in [1.165, 1.54) is 0 Å². The van der Waals surface area contributed by atoms with E-state index in [1.54, 1.807) is 12.1 Å². The lowest BCUT2D eigenvalue weighted by Crippen LogP contribution is -2.27. The molecular weight excluding hydrogens is 331 g/mol. The highest BCUT2D eigenvalue weighted by molar-refractivity contribution is 6.31. The van der Waals surface area contributed by atoms with Crippen molar-refractivity contribution >= 4 is 40.0 Å². The summed E-state index contributed by atoms with van der Waals surface area (Å²) in [5.74, 6) is 0.00481. The van der Waals surface area contributed by atoms with Gasteiger partial charge < -0.3 is 10.3 Å². The van der Waals surface area contributed by atoms with Gasteiger partial charge in [-0.15, -0.1) is 0 Å². The Morgan fingerprint density at radius 1 is 1.04 bits per heavy atom. The van der Waals surface area contributed by atoms with Crippen LogP contribution in [0.2, 0.25) is 10.0 Å². The average molecular weight is 347 g/mol. The third-order valence-corrected chi connectivity index (χ3v) is 4.21. The summed E-state index contributed by atoms with van der Waals surface area (Å²) in [5, 5.41) is 5.43. The number of aromatic nitrogens is 1. The Morgan fingerprint density at radius 3 is 2.57 bits per heavy atom. The summed E-state index contributed by atoms with van der Waals surface area (Å²) in [4.78, 5) is 15.2. The molecule has 23 heavy (non-hydrogen) atoms. The molecule has 0 spiro atoms. The molecule has 0 bridgehead atoms. The van der Waals surface area contributed by atoms with Crippen LogP contribution in [0.1, 0.15) is 11.1 Å². The van der Waals surface area contributed by atoms with E-state index in [1.807, 2.05) is 36.5 Å². The van der Waals surface area contributed by atoms with Crippen molar-refractivity contribution in [3.8, 4) is 0 Å². The number of carbonyl (C=O) groups excluding carboxylic acids is 1. The van der Waals surface area contributed by atoms with Crippen molar-refractivity contribution in [2.24, 2.45) is 0 Å². The molecular formula is C18H16Cl2N2O. The van der Waals surface area contributed by atoms with Gasteiger partial charge in [0.2, 0.25) is 5.91 Å². The topological polar surface area (TPSA) is 44.9 Å². The van der Waals surface area contributed by atoms with Gasteiger partial charge in [-0.1, -0.05) is 35.3 Å². The molecule has 118 valence electrons. The minimum absolute atomic E-state index is 0.00481. The lowest BCUT2D eigenvalue weighted by molar-refractivity contribution is -0.120. The van der Waals surface area contributed by atoms with Gasteiger partial charge in [-0.3, -0.25) is 4.79 Å². The molecule has 3 nitrogen and oxygen atoms in total. The summed E-state index contributed by atoms with van der Waals surface area (Å²) >= 11 is 11.9. The molecule has 1 aromatic heterocycles. The molecule has 1 amide bonds. The first-order chi connectivity index (χ1) is 11.1. The van der Waals surface area contributed by atoms with Crippen LogP contribution >= 0.6 is 23.2 Å². The van der Waals surface area contributed by atoms with Gasteiger partial charge in [0, 0.05) is 33.7 Å². The Hall–Kier alpha value is -1.97. The molecule has 3 rings (SSSR count). The zero-order chi connectivity index (χ0) is 16.2. The number of benzene rings is 2. The first-order valence-electron chi connectivity index (χ1n) is 7.38. The third-order valence-electron chi connectivity index (χ3n) is 3.72. The van der Waals surface area contributed by atoms with Gasteiger partial charge in [0.05, 0.1) is 6.42 Å². The molecule has 0 radical (unpaired) electrons. The Kier molecular flexibility index (Phi) is 4.89. The number of H-pyrrole nitrogens is 1. The van der Waals surface area contributed by atoms with Crippen molar-refractivity contribution in [1.29, 1.82) is 0 Å². The van der Waals surface area contributed by atoms with Gasteiger partial charge in [-0.25, -0.2) is 0 Å². The van der Waals surface area contributed by atoms with E-state index < -0.39 is 0 Å². The minimum atomic E-state index is 0.00481. The van der Waals surface area contributed by atoms with Crippen LogP contribution in [0.25, 0.3) is 10.9 Å². The molecule has 0 saturated carbocycles. The molecule has 2 N–H and O–H groups in total. The fourth-order valence-electron chi connectivity index (χ4n) is 2.54. The Morgan fingerprint density at radius 2 is 1.78 bits per heavy atom. The Bertz CT molecular complexity index is 825. The summed E-state index contributed by atoms with van der Waals surface area (Å²) in [6.45, 7) is 0.589. The number of hydrogen-bond donors (Lipinski definition) is 2. The lowest BCUT2D eigenvalue weighted by atomic mass is 10.1. The van der Waals surface area contributed by atoms with Crippen LogP contribution in [0.5, 0.6) is 0 Å². The molecule has 0 fully saturated rings. The van der Waals surface area contributed by atoms with Crippen LogP contribution in [-0.4, -0.2) is 17.4 Å². The molecule has 0 atom stereocenters. The molecule has 0 aliphatic carbocycles. The quantitative estimate of drug-likeness (QED) is 0.707. The fraction of sp³-hybridized carbons (Fsp3) is 0.167. The first kappa shape index (κ1) is 15.9. The zero-order valence-electron chi connectivity index (χ0n) is 12.4. The van der Waals surface area contributed by atoms with Gasteiger partial charge in [0.25, 0.3) is 0 Å². The second-order valence-electron chi connectivity index (χ2n) is 5.41. The Balaban J connectivity index is 1.55. The summed E-state index contributed by atoms with van der Waals surface area (Å²) in [6.07, 6.45) is 3.08. The monoisotopic (exact) mass is 346 g/mol. The summed E-state index contributed by atoms with van der Waals surface area (Å²) in [5.41, 5.74) is 3.15. The van der Waals surface area contributed by atoms with E-state index in [-0.39, 0.29) is 5.91 Å². The van der Waals surface area contributed by atoms with E-state index in [2.05, 4.69) is 10.3 Å². The average Bonchev–Trinajstić information content (AvgIpc) is 2.92. The Labute approximate surface area is 144 Å². The molecule has 0 unspecified atom stereocenters. The number of amides is 1. The number of fused-ring (bicyclic) bond motifs is 1. The summed E-state index contributed by atoms with van der Waals surface area (Å²) < 4.78 is 0. The maximum absolute atomic E-state index is 12.0. The zero-order valence-corrected chi connectivity index (χ0v) is 13.9. The predicted molar refractivity (Wildman–Crippen MR) is 95.2 cm³/mol. The van der Waals surface area contributed by atoms with Crippen molar-refractivity contribution in [1.82, 2.24) is 10.3 Å². The van der Waals surface area contributed by atoms with Crippen molar-refractivity contribution in [2.45, 2.75) is 12.8 Å². The number of hydrogen-bond acceptors (Lipinski definition) is 1. The van der Waals surface area contributed by atoms with Gasteiger partial charge in [0.15, 0.2) is 0 Å². The van der Waals surface area contributed by atoms with E-state index in [4.69, 9.17) is 23.2 Å². The number of aromatic amines is 1. The third kappa shape index (κ3) is 4.06. The smallest absolute Gasteiger partial charge is 0.224 e. The normalized spacial score (nSPS) is 10.9. The highest BCUT2D eigenvalue weighted by atomic mass is 35.5. The lowest BCUT2D eigenvalue weighted by Gasteiger charge is -2.05. The van der Waals surface area contributed by atoms with Crippen molar-refractivity contribution in [3.63, 3.8) is 0 Å². The highest BCUT2D eigenvalue weighted by Gasteiger charge is 2.06. The minimum Gasteiger partial charge on any atom is -0.361 e. The fourth-order valence-corrected chi connectivity index (χ4v) is 2.84. The molecule has 0 saturated heterocycles. The van der Waals surface area contributed by atoms with E-state index in [0.29, 0.717) is 23.0 Å². The standard InChI is InChI=1S/C18H16Cl2N2O/c19-14-3-1-12(2-4-14)9-18(23)21-8-7-13-11-22-17-6-5-15(20)10-16(13)17/h1-6,10-11,22H,7-9H2,(H,21,23). The van der Waals surface area contributed by atoms with Crippen molar-refractivity contribution < 1.29 is 4.79 Å². The van der Waals surface area contributed by atoms with Crippen LogP contribution < -0.4 is 5.32 Å². The van der Waals surface area contributed by atoms with Gasteiger partial charge >= 0.3 is 0 Å². The second kappa shape index (κ2) is 7.07. The maximum Gasteiger partial charge on any atom is 0.224 e. The van der Waals surface area contributed by atoms with Crippen LogP contribution in [0, 0.1) is 0 Å². The molecule has 5 heteroatoms. The van der Waals surface area contributed by atoms with Crippen LogP contribution in [0.4, 0.5) is 0 Å². The predicted octanol–water partition coefficient (Wildman–Crippen LogP) is 4.38. The van der Waals surface area contributed by atoms with E-state index in [0.717, 1.165) is 28.5 Å². The van der Waals surface area contributed by atoms with Gasteiger partial charge in [-0.2, -0.15) is 0 Å². The van der Waals surface area contributed by atoms with Gasteiger partial charge in [0.1, 0.15) is 0 Å². The summed E-state index contributed by atoms with van der Waals surface area (Å²) in [6, 6.07) is 13.1. The van der Waals surface area contributed by atoms with Crippen LogP contribution in [0.15, 0.2) is 48.7 Å². The largest absolute Gasteiger partial charge is 0.361 e. The van der Waals surface area contributed by atoms with Gasteiger partial charge in [-0.05, 0) is 47.9 Å². The molecule has 0 aliphatic heterocycles. The van der Waals surface area contributed by atoms with E-state index in [9.17, 15) is 4.79 Å². The molecule has 3 aromatic rings. The van der Waals surface area contributed by atoms with Crippen molar-refractivity contribution in [2.75, 3.05) is 6.54 Å². The number of rotatable bonds is 5. The number of nitrogens with one attached hydrogen (secondary N) is 2.